The molecule has 2 aromatic carbocycles. The predicted octanol–water partition coefficient (Wildman–Crippen LogP) is 3.44. The number of hydrogen-bond donors (Lipinski definition) is 1. The number of halogens is 1. The van der Waals surface area contributed by atoms with Gasteiger partial charge in [-0.15, -0.1) is 0 Å². The second-order valence-corrected chi connectivity index (χ2v) is 9.81. The highest BCUT2D eigenvalue weighted by molar-refractivity contribution is 7.92. The Morgan fingerprint density at radius 3 is 2.19 bits per heavy atom. The Bertz CT molecular complexity index is 998. The molecular formula is C23H30ClN3O4S. The monoisotopic (exact) mass is 479 g/mol. The van der Waals surface area contributed by atoms with Gasteiger partial charge in [0.2, 0.25) is 21.8 Å². The number of anilines is 1. The van der Waals surface area contributed by atoms with Crippen LogP contribution in [0.25, 0.3) is 0 Å². The number of carbonyl (C=O) groups is 2. The quantitative estimate of drug-likeness (QED) is 0.534. The molecule has 1 unspecified atom stereocenters. The largest absolute Gasteiger partial charge is 0.354 e. The summed E-state index contributed by atoms with van der Waals surface area (Å²) in [6.07, 6.45) is 2.21. The highest BCUT2D eigenvalue weighted by Crippen LogP contribution is 2.20. The van der Waals surface area contributed by atoms with E-state index in [1.807, 2.05) is 13.8 Å². The smallest absolute Gasteiger partial charge is 0.244 e. The van der Waals surface area contributed by atoms with Crippen LogP contribution in [0.3, 0.4) is 0 Å². The number of nitrogens with zero attached hydrogens (tertiary/aromatic N) is 2. The zero-order valence-electron chi connectivity index (χ0n) is 18.6. The molecule has 9 heteroatoms. The van der Waals surface area contributed by atoms with Crippen LogP contribution < -0.4 is 9.62 Å². The van der Waals surface area contributed by atoms with Gasteiger partial charge in [0, 0.05) is 18.1 Å². The Labute approximate surface area is 195 Å². The lowest BCUT2D eigenvalue weighted by atomic mass is 10.1. The molecule has 1 atom stereocenters. The maximum atomic E-state index is 13.4. The van der Waals surface area contributed by atoms with E-state index in [1.165, 1.54) is 4.90 Å². The number of amides is 2. The third kappa shape index (κ3) is 7.24. The number of carbonyl (C=O) groups excluding carboxylic acids is 2. The fraction of sp³-hybridized carbons (Fsp3) is 0.391. The van der Waals surface area contributed by atoms with E-state index >= 15 is 0 Å². The van der Waals surface area contributed by atoms with E-state index in [0.29, 0.717) is 23.7 Å². The van der Waals surface area contributed by atoms with Crippen LogP contribution in [0.1, 0.15) is 32.3 Å². The summed E-state index contributed by atoms with van der Waals surface area (Å²) in [5.74, 6) is -0.727. The maximum absolute atomic E-state index is 13.4. The summed E-state index contributed by atoms with van der Waals surface area (Å²) < 4.78 is 26.0. The number of sulfonamides is 1. The lowest BCUT2D eigenvalue weighted by Gasteiger charge is -2.32. The van der Waals surface area contributed by atoms with Crippen LogP contribution in [-0.2, 0) is 26.2 Å². The van der Waals surface area contributed by atoms with E-state index in [2.05, 4.69) is 5.32 Å². The topological polar surface area (TPSA) is 86.8 Å². The molecule has 0 aliphatic carbocycles. The normalized spacial score (nSPS) is 12.1. The molecule has 0 heterocycles. The number of rotatable bonds is 11. The van der Waals surface area contributed by atoms with Gasteiger partial charge in [0.05, 0.1) is 11.9 Å². The predicted molar refractivity (Wildman–Crippen MR) is 128 cm³/mol. The van der Waals surface area contributed by atoms with Gasteiger partial charge in [-0.2, -0.15) is 0 Å². The van der Waals surface area contributed by atoms with Gasteiger partial charge in [0.25, 0.3) is 0 Å². The minimum absolute atomic E-state index is 0.153. The highest BCUT2D eigenvalue weighted by Gasteiger charge is 2.31. The second kappa shape index (κ2) is 11.9. The summed E-state index contributed by atoms with van der Waals surface area (Å²) in [6, 6.07) is 14.7. The standard InChI is InChI=1S/C23H30ClN3O4S/c1-4-15-25-23(29)21(5-2)26(16-18-11-13-19(24)14-12-18)22(28)17-27(32(3,30)31)20-9-7-6-8-10-20/h6-14,21H,4-5,15-17H2,1-3H3,(H,25,29). The van der Waals surface area contributed by atoms with Gasteiger partial charge in [-0.05, 0) is 42.7 Å². The average molecular weight is 480 g/mol. The van der Waals surface area contributed by atoms with E-state index in [1.54, 1.807) is 54.6 Å². The Kier molecular flexibility index (Phi) is 9.53. The van der Waals surface area contributed by atoms with Crippen molar-refractivity contribution in [2.75, 3.05) is 23.7 Å². The van der Waals surface area contributed by atoms with Crippen molar-refractivity contribution in [3.8, 4) is 0 Å². The molecule has 0 spiro atoms. The van der Waals surface area contributed by atoms with Crippen LogP contribution >= 0.6 is 11.6 Å². The molecule has 0 fully saturated rings. The van der Waals surface area contributed by atoms with Crippen LogP contribution in [0.2, 0.25) is 5.02 Å². The first-order valence-electron chi connectivity index (χ1n) is 10.5. The zero-order chi connectivity index (χ0) is 23.7. The number of benzene rings is 2. The van der Waals surface area contributed by atoms with Crippen molar-refractivity contribution < 1.29 is 18.0 Å². The first kappa shape index (κ1) is 25.7. The molecule has 1 N–H and O–H groups in total. The SMILES string of the molecule is CCCNC(=O)C(CC)N(Cc1ccc(Cl)cc1)C(=O)CN(c1ccccc1)S(C)(=O)=O. The molecule has 2 amide bonds. The lowest BCUT2D eigenvalue weighted by Crippen LogP contribution is -2.52. The molecule has 0 aromatic heterocycles. The fourth-order valence-electron chi connectivity index (χ4n) is 3.28. The molecule has 0 saturated heterocycles. The van der Waals surface area contributed by atoms with E-state index in [-0.39, 0.29) is 12.5 Å². The van der Waals surface area contributed by atoms with Crippen molar-refractivity contribution in [3.05, 3.63) is 65.2 Å². The molecule has 7 nitrogen and oxygen atoms in total. The van der Waals surface area contributed by atoms with E-state index in [0.717, 1.165) is 22.5 Å². The maximum Gasteiger partial charge on any atom is 0.244 e. The first-order valence-corrected chi connectivity index (χ1v) is 12.7. The van der Waals surface area contributed by atoms with Gasteiger partial charge < -0.3 is 10.2 Å². The van der Waals surface area contributed by atoms with Crippen molar-refractivity contribution in [3.63, 3.8) is 0 Å². The van der Waals surface area contributed by atoms with E-state index < -0.39 is 28.5 Å². The molecule has 2 aromatic rings. The molecule has 2 rings (SSSR count). The molecule has 0 aliphatic rings. The minimum atomic E-state index is -3.72. The van der Waals surface area contributed by atoms with E-state index in [9.17, 15) is 18.0 Å². The van der Waals surface area contributed by atoms with Gasteiger partial charge >= 0.3 is 0 Å². The third-order valence-corrected chi connectivity index (χ3v) is 6.32. The molecule has 0 radical (unpaired) electrons. The Hall–Kier alpha value is -2.58. The number of para-hydroxylation sites is 1. The van der Waals surface area contributed by atoms with Crippen molar-refractivity contribution in [2.24, 2.45) is 0 Å². The average Bonchev–Trinajstić information content (AvgIpc) is 2.76. The number of nitrogens with one attached hydrogen (secondary N) is 1. The highest BCUT2D eigenvalue weighted by atomic mass is 35.5. The summed E-state index contributed by atoms with van der Waals surface area (Å²) >= 11 is 5.98. The van der Waals surface area contributed by atoms with Crippen LogP contribution in [0.4, 0.5) is 5.69 Å². The molecule has 32 heavy (non-hydrogen) atoms. The van der Waals surface area contributed by atoms with Gasteiger partial charge in [0.1, 0.15) is 12.6 Å². The molecule has 0 saturated carbocycles. The van der Waals surface area contributed by atoms with Crippen molar-refractivity contribution in [1.29, 1.82) is 0 Å². The molecule has 0 aliphatic heterocycles. The van der Waals surface area contributed by atoms with E-state index in [4.69, 9.17) is 11.6 Å². The summed E-state index contributed by atoms with van der Waals surface area (Å²) in [7, 11) is -3.72. The van der Waals surface area contributed by atoms with Gasteiger partial charge in [0.15, 0.2) is 0 Å². The Morgan fingerprint density at radius 2 is 1.66 bits per heavy atom. The number of hydrogen-bond acceptors (Lipinski definition) is 4. The molecule has 174 valence electrons. The first-order chi connectivity index (χ1) is 15.2. The molecule has 0 bridgehead atoms. The lowest BCUT2D eigenvalue weighted by molar-refractivity contribution is -0.140. The summed E-state index contributed by atoms with van der Waals surface area (Å²) in [5.41, 5.74) is 1.17. The minimum Gasteiger partial charge on any atom is -0.354 e. The van der Waals surface area contributed by atoms with Crippen molar-refractivity contribution >= 4 is 39.1 Å². The van der Waals surface area contributed by atoms with Crippen LogP contribution in [-0.4, -0.2) is 50.5 Å². The Morgan fingerprint density at radius 1 is 1.03 bits per heavy atom. The second-order valence-electron chi connectivity index (χ2n) is 7.47. The summed E-state index contributed by atoms with van der Waals surface area (Å²) in [6.45, 7) is 4.01. The van der Waals surface area contributed by atoms with Crippen molar-refractivity contribution in [1.82, 2.24) is 10.2 Å². The summed E-state index contributed by atoms with van der Waals surface area (Å²) in [4.78, 5) is 27.7. The van der Waals surface area contributed by atoms with Crippen molar-refractivity contribution in [2.45, 2.75) is 39.3 Å². The van der Waals surface area contributed by atoms with Crippen LogP contribution in [0, 0.1) is 0 Å². The van der Waals surface area contributed by atoms with Gasteiger partial charge in [-0.1, -0.05) is 55.8 Å². The molecular weight excluding hydrogens is 450 g/mol. The third-order valence-electron chi connectivity index (χ3n) is 4.92. The van der Waals surface area contributed by atoms with Gasteiger partial charge in [-0.25, -0.2) is 8.42 Å². The Balaban J connectivity index is 2.38. The summed E-state index contributed by atoms with van der Waals surface area (Å²) in [5, 5.41) is 3.40. The van der Waals surface area contributed by atoms with Gasteiger partial charge in [-0.3, -0.25) is 13.9 Å². The zero-order valence-corrected chi connectivity index (χ0v) is 20.2. The fourth-order valence-corrected chi connectivity index (χ4v) is 4.26. The van der Waals surface area contributed by atoms with Crippen LogP contribution in [0.5, 0.6) is 0 Å². The van der Waals surface area contributed by atoms with Crippen LogP contribution in [0.15, 0.2) is 54.6 Å².